The minimum absolute atomic E-state index is 0.0871. The van der Waals surface area contributed by atoms with Gasteiger partial charge >= 0.3 is 0 Å². The maximum absolute atomic E-state index is 9.58. The summed E-state index contributed by atoms with van der Waals surface area (Å²) in [7, 11) is 0. The molecular formula is C18H22NO3PS. The van der Waals surface area contributed by atoms with Crippen molar-refractivity contribution in [1.29, 1.82) is 0 Å². The van der Waals surface area contributed by atoms with E-state index in [1.165, 1.54) is 5.56 Å². The maximum Gasteiger partial charge on any atom is 0.215 e. The predicted octanol–water partition coefficient (Wildman–Crippen LogP) is 4.95. The van der Waals surface area contributed by atoms with Gasteiger partial charge in [0.25, 0.3) is 0 Å². The standard InChI is InChI=1S/C18H22NO3PS/c1-13-3-7-16(8-4-13)19-18(15-5-9-17(20)10-6-15)23(24)21-12-11-14(2)22-23/h3-10,14,18-20H,11-12H2,1-2H3. The van der Waals surface area contributed by atoms with Crippen molar-refractivity contribution in [3.05, 3.63) is 59.7 Å². The van der Waals surface area contributed by atoms with Crippen LogP contribution in [0.15, 0.2) is 48.5 Å². The summed E-state index contributed by atoms with van der Waals surface area (Å²) >= 11 is 5.83. The number of hydrogen-bond donors (Lipinski definition) is 2. The highest BCUT2D eigenvalue weighted by Gasteiger charge is 2.37. The quantitative estimate of drug-likeness (QED) is 0.753. The molecule has 2 aromatic rings. The van der Waals surface area contributed by atoms with Crippen LogP contribution in [0, 0.1) is 6.92 Å². The Kier molecular flexibility index (Phi) is 5.26. The minimum atomic E-state index is -2.55. The summed E-state index contributed by atoms with van der Waals surface area (Å²) in [5, 5.41) is 13.1. The summed E-state index contributed by atoms with van der Waals surface area (Å²) in [5.41, 5.74) is 3.11. The Morgan fingerprint density at radius 3 is 2.46 bits per heavy atom. The van der Waals surface area contributed by atoms with Crippen LogP contribution in [-0.4, -0.2) is 17.8 Å². The number of hydrogen-bond acceptors (Lipinski definition) is 5. The van der Waals surface area contributed by atoms with Crippen molar-refractivity contribution >= 4 is 24.0 Å². The highest BCUT2D eigenvalue weighted by molar-refractivity contribution is 8.10. The van der Waals surface area contributed by atoms with Crippen molar-refractivity contribution in [2.24, 2.45) is 0 Å². The number of anilines is 1. The van der Waals surface area contributed by atoms with E-state index in [0.717, 1.165) is 17.7 Å². The van der Waals surface area contributed by atoms with Crippen molar-refractivity contribution in [2.75, 3.05) is 11.9 Å². The van der Waals surface area contributed by atoms with Crippen LogP contribution in [-0.2, 0) is 20.9 Å². The number of aryl methyl sites for hydroxylation is 1. The molecule has 0 spiro atoms. The van der Waals surface area contributed by atoms with Crippen molar-refractivity contribution in [3.8, 4) is 5.75 Å². The Morgan fingerprint density at radius 2 is 1.83 bits per heavy atom. The summed E-state index contributed by atoms with van der Waals surface area (Å²) < 4.78 is 12.1. The van der Waals surface area contributed by atoms with Crippen molar-refractivity contribution in [1.82, 2.24) is 0 Å². The van der Waals surface area contributed by atoms with Gasteiger partial charge in [-0.2, -0.15) is 0 Å². The lowest BCUT2D eigenvalue weighted by molar-refractivity contribution is 0.115. The van der Waals surface area contributed by atoms with Gasteiger partial charge in [-0.1, -0.05) is 29.8 Å². The SMILES string of the molecule is Cc1ccc(NC(c2ccc(O)cc2)P2(=S)OCCC(C)O2)cc1. The normalized spacial score (nSPS) is 25.2. The summed E-state index contributed by atoms with van der Waals surface area (Å²) in [6.45, 7) is 2.14. The maximum atomic E-state index is 9.58. The lowest BCUT2D eigenvalue weighted by Crippen LogP contribution is -2.23. The van der Waals surface area contributed by atoms with Gasteiger partial charge in [0, 0.05) is 5.69 Å². The van der Waals surface area contributed by atoms with Crippen LogP contribution in [0.3, 0.4) is 0 Å². The smallest absolute Gasteiger partial charge is 0.215 e. The molecule has 2 N–H and O–H groups in total. The Bertz CT molecular complexity index is 733. The molecule has 0 aliphatic carbocycles. The van der Waals surface area contributed by atoms with E-state index < -0.39 is 6.49 Å². The van der Waals surface area contributed by atoms with E-state index in [1.807, 2.05) is 31.2 Å². The van der Waals surface area contributed by atoms with Gasteiger partial charge in [0.2, 0.25) is 6.49 Å². The van der Waals surface area contributed by atoms with Crippen molar-refractivity contribution in [2.45, 2.75) is 32.2 Å². The summed E-state index contributed by atoms with van der Waals surface area (Å²) in [4.78, 5) is 0. The van der Waals surface area contributed by atoms with Crippen molar-refractivity contribution < 1.29 is 14.2 Å². The largest absolute Gasteiger partial charge is 0.508 e. The molecule has 0 bridgehead atoms. The predicted molar refractivity (Wildman–Crippen MR) is 101 cm³/mol. The molecule has 4 nitrogen and oxygen atoms in total. The van der Waals surface area contributed by atoms with Crippen molar-refractivity contribution in [3.63, 3.8) is 0 Å². The molecule has 2 aromatic carbocycles. The Labute approximate surface area is 148 Å². The van der Waals surface area contributed by atoms with Gasteiger partial charge in [0.15, 0.2) is 0 Å². The number of nitrogens with one attached hydrogen (secondary N) is 1. The molecule has 1 heterocycles. The van der Waals surface area contributed by atoms with Gasteiger partial charge in [-0.3, -0.25) is 0 Å². The molecule has 1 aliphatic heterocycles. The number of rotatable bonds is 4. The van der Waals surface area contributed by atoms with Gasteiger partial charge in [-0.25, -0.2) is 0 Å². The lowest BCUT2D eigenvalue weighted by Gasteiger charge is -2.37. The first-order chi connectivity index (χ1) is 11.5. The highest BCUT2D eigenvalue weighted by Crippen LogP contribution is 2.63. The first kappa shape index (κ1) is 17.4. The first-order valence-electron chi connectivity index (χ1n) is 8.01. The lowest BCUT2D eigenvalue weighted by atomic mass is 10.2. The third kappa shape index (κ3) is 3.98. The summed E-state index contributed by atoms with van der Waals surface area (Å²) in [6, 6.07) is 15.2. The second-order valence-corrected chi connectivity index (χ2v) is 9.67. The average Bonchev–Trinajstić information content (AvgIpc) is 2.55. The Morgan fingerprint density at radius 1 is 1.17 bits per heavy atom. The van der Waals surface area contributed by atoms with E-state index in [4.69, 9.17) is 20.9 Å². The Hall–Kier alpha value is -1.39. The summed E-state index contributed by atoms with van der Waals surface area (Å²) in [6.07, 6.45) is 0.939. The number of benzene rings is 2. The Balaban J connectivity index is 1.95. The molecule has 6 heteroatoms. The molecule has 1 saturated heterocycles. The molecule has 1 fully saturated rings. The molecular weight excluding hydrogens is 341 g/mol. The van der Waals surface area contributed by atoms with Gasteiger partial charge in [0.1, 0.15) is 11.5 Å². The van der Waals surface area contributed by atoms with E-state index in [0.29, 0.717) is 6.61 Å². The van der Waals surface area contributed by atoms with Gasteiger partial charge in [-0.15, -0.1) is 0 Å². The zero-order chi connectivity index (χ0) is 17.2. The van der Waals surface area contributed by atoms with Crippen LogP contribution in [0.5, 0.6) is 5.75 Å². The zero-order valence-corrected chi connectivity index (χ0v) is 15.5. The van der Waals surface area contributed by atoms with Crippen LogP contribution < -0.4 is 5.32 Å². The molecule has 0 aromatic heterocycles. The van der Waals surface area contributed by atoms with Crippen LogP contribution in [0.4, 0.5) is 5.69 Å². The third-order valence-electron chi connectivity index (χ3n) is 4.00. The second-order valence-electron chi connectivity index (χ2n) is 6.08. The third-order valence-corrected chi connectivity index (χ3v) is 7.47. The summed E-state index contributed by atoms with van der Waals surface area (Å²) in [5.74, 6) is -0.0398. The zero-order valence-electron chi connectivity index (χ0n) is 13.8. The molecule has 1 aliphatic rings. The number of aromatic hydroxyl groups is 1. The fraction of sp³-hybridized carbons (Fsp3) is 0.333. The highest BCUT2D eigenvalue weighted by atomic mass is 32.5. The van der Waals surface area contributed by atoms with Gasteiger partial charge in [0.05, 0.1) is 12.7 Å². The molecule has 128 valence electrons. The molecule has 3 atom stereocenters. The topological polar surface area (TPSA) is 50.7 Å². The van der Waals surface area contributed by atoms with Gasteiger partial charge in [-0.05, 0) is 61.9 Å². The molecule has 0 saturated carbocycles. The molecule has 24 heavy (non-hydrogen) atoms. The fourth-order valence-corrected chi connectivity index (χ4v) is 5.96. The molecule has 3 unspecified atom stereocenters. The van der Waals surface area contributed by atoms with Crippen LogP contribution in [0.1, 0.15) is 30.3 Å². The van der Waals surface area contributed by atoms with E-state index in [9.17, 15) is 5.11 Å². The fourth-order valence-electron chi connectivity index (χ4n) is 2.62. The van der Waals surface area contributed by atoms with E-state index in [1.54, 1.807) is 12.1 Å². The molecule has 0 radical (unpaired) electrons. The first-order valence-corrected chi connectivity index (χ1v) is 10.7. The minimum Gasteiger partial charge on any atom is -0.508 e. The van der Waals surface area contributed by atoms with Crippen LogP contribution in [0.2, 0.25) is 0 Å². The van der Waals surface area contributed by atoms with Crippen LogP contribution >= 0.6 is 6.49 Å². The van der Waals surface area contributed by atoms with E-state index >= 15 is 0 Å². The van der Waals surface area contributed by atoms with E-state index in [2.05, 4.69) is 24.4 Å². The second kappa shape index (κ2) is 7.24. The van der Waals surface area contributed by atoms with Crippen LogP contribution in [0.25, 0.3) is 0 Å². The van der Waals surface area contributed by atoms with Gasteiger partial charge < -0.3 is 19.5 Å². The molecule has 0 amide bonds. The number of phenolic OH excluding ortho intramolecular Hbond substituents is 1. The van der Waals surface area contributed by atoms with E-state index in [-0.39, 0.29) is 17.6 Å². The molecule has 3 rings (SSSR count). The number of phenols is 1. The average molecular weight is 363 g/mol. The monoisotopic (exact) mass is 363 g/mol.